The Morgan fingerprint density at radius 2 is 1.03 bits per heavy atom. The van der Waals surface area contributed by atoms with Crippen molar-refractivity contribution in [2.45, 2.75) is 30.3 Å². The van der Waals surface area contributed by atoms with Gasteiger partial charge in [0, 0.05) is 33.4 Å². The minimum Gasteiger partial charge on any atom is -0.229 e. The molecule has 0 aliphatic rings. The van der Waals surface area contributed by atoms with Gasteiger partial charge in [0.25, 0.3) is 0 Å². The minimum atomic E-state index is 0.991. The lowest BCUT2D eigenvalue weighted by molar-refractivity contribution is 1.07. The second-order valence-electron chi connectivity index (χ2n) is 8.80. The number of aromatic nitrogens is 4. The van der Waals surface area contributed by atoms with Crippen molar-refractivity contribution in [1.29, 1.82) is 0 Å². The Morgan fingerprint density at radius 3 is 1.46 bits per heavy atom. The summed E-state index contributed by atoms with van der Waals surface area (Å²) < 4.78 is 0. The van der Waals surface area contributed by atoms with Gasteiger partial charge in [-0.1, -0.05) is 59.7 Å². The number of nitrogens with zero attached hydrogens (tertiary/aromatic N) is 4. The van der Waals surface area contributed by atoms with Gasteiger partial charge in [-0.05, 0) is 31.4 Å². The summed E-state index contributed by atoms with van der Waals surface area (Å²) in [7, 11) is 0. The molecule has 4 nitrogen and oxygen atoms in total. The minimum absolute atomic E-state index is 0.991. The lowest BCUT2D eigenvalue weighted by Gasteiger charge is -2.07. The van der Waals surface area contributed by atoms with Crippen LogP contribution in [0.15, 0.2) is 82.0 Å². The summed E-state index contributed by atoms with van der Waals surface area (Å²) in [6.45, 7) is 4.23. The summed E-state index contributed by atoms with van der Waals surface area (Å²) in [6, 6.07) is 17.4. The average molecular weight is 557 g/mol. The Kier molecular flexibility index (Phi) is 7.24. The van der Waals surface area contributed by atoms with Gasteiger partial charge in [-0.3, -0.25) is 0 Å². The van der Waals surface area contributed by atoms with Crippen molar-refractivity contribution in [3.8, 4) is 22.3 Å². The largest absolute Gasteiger partial charge is 0.229 e. The molecule has 0 bridgehead atoms. The number of benzene rings is 2. The second kappa shape index (κ2) is 10.9. The Labute approximate surface area is 232 Å². The molecule has 8 heteroatoms. The maximum Gasteiger partial charge on any atom is 0.128 e. The summed E-state index contributed by atoms with van der Waals surface area (Å²) >= 11 is 7.02. The predicted octanol–water partition coefficient (Wildman–Crippen LogP) is 8.92. The maximum atomic E-state index is 4.66. The average Bonchev–Trinajstić information content (AvgIpc) is 3.55. The number of aryl methyl sites for hydroxylation is 2. The SMILES string of the molecule is Cc1ccc(-c2csc3ncnc(SCCCSc4ncnc5scc(-c6ccc(C)cc6)c45)c23)cc1. The van der Waals surface area contributed by atoms with E-state index in [1.165, 1.54) is 44.2 Å². The first kappa shape index (κ1) is 24.6. The van der Waals surface area contributed by atoms with Crippen molar-refractivity contribution in [2.24, 2.45) is 0 Å². The van der Waals surface area contributed by atoms with Gasteiger partial charge < -0.3 is 0 Å². The lowest BCUT2D eigenvalue weighted by Crippen LogP contribution is -1.91. The molecule has 0 atom stereocenters. The normalized spacial score (nSPS) is 11.5. The Bertz CT molecular complexity index is 1550. The van der Waals surface area contributed by atoms with Gasteiger partial charge in [0.2, 0.25) is 0 Å². The molecule has 4 heterocycles. The quantitative estimate of drug-likeness (QED) is 0.106. The van der Waals surface area contributed by atoms with Crippen molar-refractivity contribution in [3.63, 3.8) is 0 Å². The fraction of sp³-hybridized carbons (Fsp3) is 0.172. The number of hydrogen-bond donors (Lipinski definition) is 0. The van der Waals surface area contributed by atoms with Crippen LogP contribution in [-0.2, 0) is 0 Å². The third kappa shape index (κ3) is 5.16. The summed E-state index contributed by atoms with van der Waals surface area (Å²) in [4.78, 5) is 20.5. The zero-order valence-electron chi connectivity index (χ0n) is 20.5. The molecule has 6 rings (SSSR count). The summed E-state index contributed by atoms with van der Waals surface area (Å²) in [5, 5.41) is 8.89. The van der Waals surface area contributed by atoms with Crippen LogP contribution in [0.25, 0.3) is 42.7 Å². The van der Waals surface area contributed by atoms with Crippen LogP contribution < -0.4 is 0 Å². The fourth-order valence-corrected chi connectivity index (χ4v) is 8.26. The maximum absolute atomic E-state index is 4.66. The van der Waals surface area contributed by atoms with E-state index >= 15 is 0 Å². The van der Waals surface area contributed by atoms with E-state index in [0.29, 0.717) is 0 Å². The monoisotopic (exact) mass is 556 g/mol. The number of hydrogen-bond acceptors (Lipinski definition) is 8. The molecule has 0 aliphatic carbocycles. The molecule has 2 aromatic carbocycles. The number of rotatable bonds is 8. The highest BCUT2D eigenvalue weighted by atomic mass is 32.2. The van der Waals surface area contributed by atoms with Gasteiger partial charge in [0.1, 0.15) is 32.4 Å². The van der Waals surface area contributed by atoms with Gasteiger partial charge in [-0.2, -0.15) is 0 Å². The Balaban J connectivity index is 1.15. The third-order valence-electron chi connectivity index (χ3n) is 6.16. The number of thioether (sulfide) groups is 2. The van der Waals surface area contributed by atoms with Crippen LogP contribution in [0.4, 0.5) is 0 Å². The third-order valence-corrected chi connectivity index (χ3v) is 10.1. The van der Waals surface area contributed by atoms with E-state index in [1.54, 1.807) is 35.3 Å². The van der Waals surface area contributed by atoms with Crippen LogP contribution in [0.1, 0.15) is 17.5 Å². The molecule has 0 unspecified atom stereocenters. The van der Waals surface area contributed by atoms with Gasteiger partial charge in [0.05, 0.1) is 10.8 Å². The van der Waals surface area contributed by atoms with E-state index in [2.05, 4.69) is 93.1 Å². The predicted molar refractivity (Wildman–Crippen MR) is 161 cm³/mol. The molecule has 0 aliphatic heterocycles. The molecule has 0 fully saturated rings. The molecule has 0 N–H and O–H groups in total. The molecule has 0 saturated carbocycles. The van der Waals surface area contributed by atoms with E-state index in [-0.39, 0.29) is 0 Å². The zero-order chi connectivity index (χ0) is 25.2. The molecule has 0 spiro atoms. The second-order valence-corrected chi connectivity index (χ2v) is 12.7. The highest BCUT2D eigenvalue weighted by Crippen LogP contribution is 2.40. The molecule has 184 valence electrons. The van der Waals surface area contributed by atoms with E-state index in [1.807, 2.05) is 23.5 Å². The van der Waals surface area contributed by atoms with Crippen molar-refractivity contribution in [1.82, 2.24) is 19.9 Å². The van der Waals surface area contributed by atoms with Crippen molar-refractivity contribution >= 4 is 66.6 Å². The standard InChI is InChI=1S/C29H24N4S4/c1-18-4-8-20(9-5-18)22-14-36-28-24(22)26(30-16-32-28)34-12-3-13-35-27-25-23(15-37-29(25)33-17-31-27)21-10-6-19(2)7-11-21/h4-11,14-17H,3,12-13H2,1-2H3. The van der Waals surface area contributed by atoms with Gasteiger partial charge >= 0.3 is 0 Å². The van der Waals surface area contributed by atoms with Crippen LogP contribution in [0, 0.1) is 13.8 Å². The van der Waals surface area contributed by atoms with Gasteiger partial charge in [0.15, 0.2) is 0 Å². The highest BCUT2D eigenvalue weighted by Gasteiger charge is 2.15. The van der Waals surface area contributed by atoms with E-state index in [0.717, 1.165) is 37.6 Å². The summed E-state index contributed by atoms with van der Waals surface area (Å²) in [5.41, 5.74) is 7.42. The van der Waals surface area contributed by atoms with E-state index < -0.39 is 0 Å². The first-order valence-electron chi connectivity index (χ1n) is 12.0. The first-order valence-corrected chi connectivity index (χ1v) is 15.7. The number of fused-ring (bicyclic) bond motifs is 2. The molecule has 0 saturated heterocycles. The van der Waals surface area contributed by atoms with Crippen LogP contribution in [-0.4, -0.2) is 31.4 Å². The first-order chi connectivity index (χ1) is 18.2. The Morgan fingerprint density at radius 1 is 0.595 bits per heavy atom. The van der Waals surface area contributed by atoms with Crippen LogP contribution in [0.5, 0.6) is 0 Å². The van der Waals surface area contributed by atoms with Gasteiger partial charge in [-0.15, -0.1) is 46.2 Å². The Hall–Kier alpha value is -2.78. The molecular weight excluding hydrogens is 533 g/mol. The van der Waals surface area contributed by atoms with Crippen LogP contribution in [0.3, 0.4) is 0 Å². The number of thiophene rings is 2. The van der Waals surface area contributed by atoms with Crippen molar-refractivity contribution in [3.05, 3.63) is 83.1 Å². The molecule has 0 radical (unpaired) electrons. The molecule has 37 heavy (non-hydrogen) atoms. The summed E-state index contributed by atoms with van der Waals surface area (Å²) in [5.74, 6) is 1.98. The molecule has 6 aromatic rings. The molecule has 0 amide bonds. The smallest absolute Gasteiger partial charge is 0.128 e. The van der Waals surface area contributed by atoms with Crippen LogP contribution >= 0.6 is 46.2 Å². The van der Waals surface area contributed by atoms with E-state index in [9.17, 15) is 0 Å². The summed E-state index contributed by atoms with van der Waals surface area (Å²) in [6.07, 6.45) is 4.44. The fourth-order valence-electron chi connectivity index (χ4n) is 4.20. The van der Waals surface area contributed by atoms with Crippen molar-refractivity contribution < 1.29 is 0 Å². The lowest BCUT2D eigenvalue weighted by atomic mass is 10.1. The van der Waals surface area contributed by atoms with Crippen molar-refractivity contribution in [2.75, 3.05) is 11.5 Å². The van der Waals surface area contributed by atoms with Crippen LogP contribution in [0.2, 0.25) is 0 Å². The molecule has 4 aromatic heterocycles. The topological polar surface area (TPSA) is 51.6 Å². The van der Waals surface area contributed by atoms with Gasteiger partial charge in [-0.25, -0.2) is 19.9 Å². The highest BCUT2D eigenvalue weighted by molar-refractivity contribution is 8.00. The molecular formula is C29H24N4S4. The zero-order valence-corrected chi connectivity index (χ0v) is 23.7. The van der Waals surface area contributed by atoms with E-state index in [4.69, 9.17) is 0 Å².